The lowest BCUT2D eigenvalue weighted by Gasteiger charge is -2.41. The number of benzene rings is 1. The van der Waals surface area contributed by atoms with Gasteiger partial charge in [-0.25, -0.2) is 0 Å². The molecule has 4 rings (SSSR count). The number of amides is 2. The molecule has 3 aliphatic rings. The Kier molecular flexibility index (Phi) is 5.32. The Morgan fingerprint density at radius 3 is 2.62 bits per heavy atom. The third-order valence-corrected chi connectivity index (χ3v) is 7.06. The van der Waals surface area contributed by atoms with Gasteiger partial charge in [0.25, 0.3) is 0 Å². The highest BCUT2D eigenvalue weighted by Crippen LogP contribution is 2.45. The highest BCUT2D eigenvalue weighted by atomic mass is 35.5. The molecule has 1 aromatic carbocycles. The van der Waals surface area contributed by atoms with E-state index in [9.17, 15) is 14.4 Å². The number of carbonyl (C=O) groups is 3. The molecule has 0 aromatic heterocycles. The number of anilines is 1. The van der Waals surface area contributed by atoms with Crippen molar-refractivity contribution < 1.29 is 14.4 Å². The zero-order chi connectivity index (χ0) is 20.8. The summed E-state index contributed by atoms with van der Waals surface area (Å²) in [5.41, 5.74) is 1.33. The molecule has 2 amide bonds. The summed E-state index contributed by atoms with van der Waals surface area (Å²) >= 11 is 6.28. The van der Waals surface area contributed by atoms with Crippen molar-refractivity contribution in [3.63, 3.8) is 0 Å². The molecule has 1 aliphatic carbocycles. The van der Waals surface area contributed by atoms with Gasteiger partial charge in [-0.1, -0.05) is 17.7 Å². The van der Waals surface area contributed by atoms with Crippen LogP contribution in [0.1, 0.15) is 44.6 Å². The number of hydrogen-bond acceptors (Lipinski definition) is 4. The van der Waals surface area contributed by atoms with Crippen LogP contribution in [0.2, 0.25) is 5.02 Å². The van der Waals surface area contributed by atoms with Crippen molar-refractivity contribution in [3.05, 3.63) is 28.8 Å². The Bertz CT molecular complexity index is 854. The van der Waals surface area contributed by atoms with Crippen molar-refractivity contribution in [2.45, 2.75) is 57.5 Å². The first kappa shape index (κ1) is 20.2. The number of Topliss-reactive ketones (excluding diaryl/α,β-unsaturated/α-hetero) is 1. The predicted molar refractivity (Wildman–Crippen MR) is 112 cm³/mol. The Hall–Kier alpha value is -2.08. The van der Waals surface area contributed by atoms with E-state index in [1.54, 1.807) is 0 Å². The topological polar surface area (TPSA) is 69.7 Å². The van der Waals surface area contributed by atoms with Crippen molar-refractivity contribution in [2.24, 2.45) is 5.92 Å². The maximum Gasteiger partial charge on any atom is 0.228 e. The molecule has 2 atom stereocenters. The Morgan fingerprint density at radius 1 is 1.28 bits per heavy atom. The zero-order valence-corrected chi connectivity index (χ0v) is 17.8. The highest BCUT2D eigenvalue weighted by Gasteiger charge is 2.55. The minimum Gasteiger partial charge on any atom is -0.365 e. The minimum atomic E-state index is -0.793. The molecule has 7 heteroatoms. The van der Waals surface area contributed by atoms with Crippen LogP contribution in [0, 0.1) is 12.8 Å². The lowest BCUT2D eigenvalue weighted by Crippen LogP contribution is -2.54. The lowest BCUT2D eigenvalue weighted by atomic mass is 9.85. The first-order valence-corrected chi connectivity index (χ1v) is 10.8. The molecule has 2 aliphatic heterocycles. The van der Waals surface area contributed by atoms with Crippen LogP contribution in [0.15, 0.2) is 18.2 Å². The molecule has 2 saturated heterocycles. The normalized spacial score (nSPS) is 27.3. The van der Waals surface area contributed by atoms with E-state index in [0.29, 0.717) is 25.9 Å². The molecular weight excluding hydrogens is 390 g/mol. The third-order valence-electron chi connectivity index (χ3n) is 6.66. The van der Waals surface area contributed by atoms with Crippen LogP contribution in [0.5, 0.6) is 0 Å². The standard InChI is InChI=1S/C22H28ClN3O3/c1-14-3-6-17(11-18(14)23)26-10-9-25(13-15(26)2)21(29)7-8-22(16-4-5-16)19(27)12-20(28)24-22/h3,6,11,15-16H,4-5,7-10,12-13H2,1-2H3,(H,24,28)/t15-,22-/m0/s1. The summed E-state index contributed by atoms with van der Waals surface area (Å²) in [5.74, 6) is 0.0318. The van der Waals surface area contributed by atoms with Gasteiger partial charge in [-0.15, -0.1) is 0 Å². The van der Waals surface area contributed by atoms with Crippen molar-refractivity contribution in [1.82, 2.24) is 10.2 Å². The summed E-state index contributed by atoms with van der Waals surface area (Å²) in [5, 5.41) is 3.66. The van der Waals surface area contributed by atoms with Gasteiger partial charge in [-0.2, -0.15) is 0 Å². The molecule has 156 valence electrons. The van der Waals surface area contributed by atoms with Crippen molar-refractivity contribution in [2.75, 3.05) is 24.5 Å². The van der Waals surface area contributed by atoms with Crippen LogP contribution >= 0.6 is 11.6 Å². The summed E-state index contributed by atoms with van der Waals surface area (Å²) in [4.78, 5) is 41.3. The average Bonchev–Trinajstić information content (AvgIpc) is 3.48. The zero-order valence-electron chi connectivity index (χ0n) is 17.0. The Balaban J connectivity index is 1.36. The summed E-state index contributed by atoms with van der Waals surface area (Å²) in [6.07, 6.45) is 2.58. The molecule has 0 bridgehead atoms. The van der Waals surface area contributed by atoms with Gasteiger partial charge in [0.2, 0.25) is 11.8 Å². The number of aryl methyl sites for hydroxylation is 1. The van der Waals surface area contributed by atoms with E-state index in [1.165, 1.54) is 0 Å². The van der Waals surface area contributed by atoms with Gasteiger partial charge in [0.05, 0.1) is 6.42 Å². The number of halogens is 1. The number of carbonyl (C=O) groups excluding carboxylic acids is 3. The van der Waals surface area contributed by atoms with Crippen LogP contribution < -0.4 is 10.2 Å². The molecule has 0 spiro atoms. The fraction of sp³-hybridized carbons (Fsp3) is 0.591. The van der Waals surface area contributed by atoms with Crippen molar-refractivity contribution >= 4 is 34.9 Å². The first-order valence-electron chi connectivity index (χ1n) is 10.4. The fourth-order valence-electron chi connectivity index (χ4n) is 4.77. The molecular formula is C22H28ClN3O3. The molecule has 2 heterocycles. The number of ketones is 1. The van der Waals surface area contributed by atoms with Crippen LogP contribution in [-0.4, -0.2) is 53.7 Å². The van der Waals surface area contributed by atoms with Gasteiger partial charge in [0, 0.05) is 42.8 Å². The number of piperazine rings is 1. The number of hydrogen-bond donors (Lipinski definition) is 1. The average molecular weight is 418 g/mol. The summed E-state index contributed by atoms with van der Waals surface area (Å²) in [6, 6.07) is 6.25. The molecule has 1 saturated carbocycles. The second kappa shape index (κ2) is 7.63. The van der Waals surface area contributed by atoms with E-state index in [4.69, 9.17) is 11.6 Å². The second-order valence-corrected chi connectivity index (χ2v) is 9.12. The van der Waals surface area contributed by atoms with Crippen LogP contribution in [-0.2, 0) is 14.4 Å². The smallest absolute Gasteiger partial charge is 0.228 e. The maximum absolute atomic E-state index is 12.9. The molecule has 6 nitrogen and oxygen atoms in total. The first-order chi connectivity index (χ1) is 13.8. The van der Waals surface area contributed by atoms with E-state index in [0.717, 1.165) is 35.7 Å². The molecule has 0 radical (unpaired) electrons. The molecule has 29 heavy (non-hydrogen) atoms. The van der Waals surface area contributed by atoms with Crippen molar-refractivity contribution in [1.29, 1.82) is 0 Å². The molecule has 3 fully saturated rings. The molecule has 1 N–H and O–H groups in total. The van der Waals surface area contributed by atoms with Gasteiger partial charge < -0.3 is 15.1 Å². The lowest BCUT2D eigenvalue weighted by molar-refractivity contribution is -0.133. The van der Waals surface area contributed by atoms with Crippen LogP contribution in [0.4, 0.5) is 5.69 Å². The van der Waals surface area contributed by atoms with Gasteiger partial charge in [0.1, 0.15) is 5.54 Å². The van der Waals surface area contributed by atoms with Crippen LogP contribution in [0.3, 0.4) is 0 Å². The SMILES string of the molecule is Cc1ccc(N2CCN(C(=O)CC[C@@]3(C4CC4)NC(=O)CC3=O)C[C@@H]2C)cc1Cl. The predicted octanol–water partition coefficient (Wildman–Crippen LogP) is 2.70. The largest absolute Gasteiger partial charge is 0.365 e. The van der Waals surface area contributed by atoms with E-state index in [-0.39, 0.29) is 36.0 Å². The Morgan fingerprint density at radius 2 is 2.03 bits per heavy atom. The van der Waals surface area contributed by atoms with Gasteiger partial charge >= 0.3 is 0 Å². The third kappa shape index (κ3) is 3.87. The van der Waals surface area contributed by atoms with Gasteiger partial charge in [-0.05, 0) is 56.7 Å². The minimum absolute atomic E-state index is 0.0350. The van der Waals surface area contributed by atoms with Crippen molar-refractivity contribution in [3.8, 4) is 0 Å². The monoisotopic (exact) mass is 417 g/mol. The Labute approximate surface area is 176 Å². The molecule has 0 unspecified atom stereocenters. The highest BCUT2D eigenvalue weighted by molar-refractivity contribution is 6.31. The molecule has 1 aromatic rings. The second-order valence-electron chi connectivity index (χ2n) is 8.71. The fourth-order valence-corrected chi connectivity index (χ4v) is 4.94. The van der Waals surface area contributed by atoms with E-state index in [2.05, 4.69) is 23.2 Å². The quantitative estimate of drug-likeness (QED) is 0.748. The summed E-state index contributed by atoms with van der Waals surface area (Å²) < 4.78 is 0. The summed E-state index contributed by atoms with van der Waals surface area (Å²) in [6.45, 7) is 6.12. The van der Waals surface area contributed by atoms with Gasteiger partial charge in [-0.3, -0.25) is 14.4 Å². The van der Waals surface area contributed by atoms with Gasteiger partial charge in [0.15, 0.2) is 5.78 Å². The number of nitrogens with one attached hydrogen (secondary N) is 1. The number of nitrogens with zero attached hydrogens (tertiary/aromatic N) is 2. The van der Waals surface area contributed by atoms with Crippen LogP contribution in [0.25, 0.3) is 0 Å². The maximum atomic E-state index is 12.9. The van der Waals surface area contributed by atoms with E-state index < -0.39 is 5.54 Å². The van der Waals surface area contributed by atoms with E-state index >= 15 is 0 Å². The van der Waals surface area contributed by atoms with E-state index in [1.807, 2.05) is 24.0 Å². The summed E-state index contributed by atoms with van der Waals surface area (Å²) in [7, 11) is 0. The number of rotatable bonds is 5.